The number of H-pyrrole nitrogens is 1. The highest BCUT2D eigenvalue weighted by atomic mass is 79.9. The predicted octanol–water partition coefficient (Wildman–Crippen LogP) is 1.70. The van der Waals surface area contributed by atoms with Crippen LogP contribution < -0.4 is 5.56 Å². The molecule has 0 aliphatic heterocycles. The van der Waals surface area contributed by atoms with Gasteiger partial charge in [0.1, 0.15) is 0 Å². The van der Waals surface area contributed by atoms with Crippen LogP contribution in [0, 0.1) is 0 Å². The van der Waals surface area contributed by atoms with Crippen molar-refractivity contribution < 1.29 is 0 Å². The molecular weight excluding hydrogens is 194 g/mol. The van der Waals surface area contributed by atoms with Gasteiger partial charge >= 0.3 is 0 Å². The average Bonchev–Trinajstić information content (AvgIpc) is 1.88. The second-order valence-electron chi connectivity index (χ2n) is 1.99. The Bertz CT molecular complexity index is 279. The van der Waals surface area contributed by atoms with E-state index in [1.807, 2.05) is 13.0 Å². The zero-order valence-electron chi connectivity index (χ0n) is 5.65. The van der Waals surface area contributed by atoms with Crippen molar-refractivity contribution in [1.29, 1.82) is 0 Å². The lowest BCUT2D eigenvalue weighted by Crippen LogP contribution is -2.10. The molecule has 10 heavy (non-hydrogen) atoms. The molecule has 1 heterocycles. The monoisotopic (exact) mass is 201 g/mol. The first-order chi connectivity index (χ1) is 4.75. The Kier molecular flexibility index (Phi) is 2.27. The molecule has 0 radical (unpaired) electrons. The molecule has 0 atom stereocenters. The standard InChI is InChI=1S/C7H8BrNO/c1-2-5-6(8)3-4-9-7(5)10/h3-4H,2H2,1H3,(H,9,10). The maximum atomic E-state index is 11.0. The summed E-state index contributed by atoms with van der Waals surface area (Å²) in [4.78, 5) is 13.6. The molecule has 0 saturated carbocycles. The Morgan fingerprint density at radius 1 is 1.70 bits per heavy atom. The summed E-state index contributed by atoms with van der Waals surface area (Å²) >= 11 is 3.29. The highest BCUT2D eigenvalue weighted by Gasteiger charge is 1.99. The molecule has 0 amide bonds. The molecule has 0 unspecified atom stereocenters. The fourth-order valence-electron chi connectivity index (χ4n) is 0.816. The molecule has 0 aliphatic carbocycles. The third kappa shape index (κ3) is 1.29. The van der Waals surface area contributed by atoms with Gasteiger partial charge in [-0.05, 0) is 12.5 Å². The molecule has 1 N–H and O–H groups in total. The van der Waals surface area contributed by atoms with E-state index in [4.69, 9.17) is 0 Å². The van der Waals surface area contributed by atoms with Gasteiger partial charge in [0.05, 0.1) is 0 Å². The van der Waals surface area contributed by atoms with E-state index in [-0.39, 0.29) is 5.56 Å². The van der Waals surface area contributed by atoms with Crippen molar-refractivity contribution in [2.45, 2.75) is 13.3 Å². The smallest absolute Gasteiger partial charge is 0.252 e. The van der Waals surface area contributed by atoms with Gasteiger partial charge in [0, 0.05) is 16.2 Å². The van der Waals surface area contributed by atoms with Gasteiger partial charge < -0.3 is 4.98 Å². The van der Waals surface area contributed by atoms with Crippen molar-refractivity contribution in [2.75, 3.05) is 0 Å². The summed E-state index contributed by atoms with van der Waals surface area (Å²) in [6.45, 7) is 1.95. The van der Waals surface area contributed by atoms with E-state index in [1.165, 1.54) is 0 Å². The number of aromatic amines is 1. The minimum atomic E-state index is -0.00289. The van der Waals surface area contributed by atoms with Crippen molar-refractivity contribution in [1.82, 2.24) is 4.98 Å². The lowest BCUT2D eigenvalue weighted by molar-refractivity contribution is 1.05. The number of halogens is 1. The van der Waals surface area contributed by atoms with Crippen molar-refractivity contribution in [2.24, 2.45) is 0 Å². The zero-order valence-corrected chi connectivity index (χ0v) is 7.23. The quantitative estimate of drug-likeness (QED) is 0.738. The van der Waals surface area contributed by atoms with Gasteiger partial charge in [-0.3, -0.25) is 4.79 Å². The molecule has 0 aliphatic rings. The second kappa shape index (κ2) is 3.01. The van der Waals surface area contributed by atoms with Crippen LogP contribution in [0.15, 0.2) is 21.5 Å². The average molecular weight is 202 g/mol. The Hall–Kier alpha value is -0.570. The first-order valence-corrected chi connectivity index (χ1v) is 3.91. The second-order valence-corrected chi connectivity index (χ2v) is 2.84. The summed E-state index contributed by atoms with van der Waals surface area (Å²) in [6, 6.07) is 1.83. The van der Waals surface area contributed by atoms with Crippen LogP contribution >= 0.6 is 15.9 Å². The lowest BCUT2D eigenvalue weighted by atomic mass is 10.2. The van der Waals surface area contributed by atoms with E-state index in [1.54, 1.807) is 6.20 Å². The molecule has 1 rings (SSSR count). The minimum Gasteiger partial charge on any atom is -0.329 e. The summed E-state index contributed by atoms with van der Waals surface area (Å²) in [7, 11) is 0. The van der Waals surface area contributed by atoms with Gasteiger partial charge in [-0.15, -0.1) is 0 Å². The fraction of sp³-hybridized carbons (Fsp3) is 0.286. The first kappa shape index (κ1) is 7.54. The third-order valence-corrected chi connectivity index (χ3v) is 2.10. The normalized spacial score (nSPS) is 9.80. The Morgan fingerprint density at radius 3 is 2.80 bits per heavy atom. The zero-order chi connectivity index (χ0) is 7.56. The topological polar surface area (TPSA) is 32.9 Å². The molecule has 0 aromatic carbocycles. The van der Waals surface area contributed by atoms with E-state index in [0.29, 0.717) is 0 Å². The first-order valence-electron chi connectivity index (χ1n) is 3.11. The van der Waals surface area contributed by atoms with E-state index < -0.39 is 0 Å². The third-order valence-electron chi connectivity index (χ3n) is 1.36. The Balaban J connectivity index is 3.31. The van der Waals surface area contributed by atoms with Crippen molar-refractivity contribution in [3.8, 4) is 0 Å². The van der Waals surface area contributed by atoms with Gasteiger partial charge in [0.2, 0.25) is 0 Å². The van der Waals surface area contributed by atoms with Gasteiger partial charge in [-0.25, -0.2) is 0 Å². The van der Waals surface area contributed by atoms with Crippen LogP contribution in [0.4, 0.5) is 0 Å². The van der Waals surface area contributed by atoms with Crippen LogP contribution in [0.1, 0.15) is 12.5 Å². The van der Waals surface area contributed by atoms with Crippen molar-refractivity contribution in [3.05, 3.63) is 32.7 Å². The molecule has 0 bridgehead atoms. The van der Waals surface area contributed by atoms with Crippen LogP contribution in [0.3, 0.4) is 0 Å². The largest absolute Gasteiger partial charge is 0.329 e. The molecule has 1 aromatic rings. The summed E-state index contributed by atoms with van der Waals surface area (Å²) < 4.78 is 0.888. The molecule has 1 aromatic heterocycles. The summed E-state index contributed by atoms with van der Waals surface area (Å²) in [6.07, 6.45) is 2.39. The Morgan fingerprint density at radius 2 is 2.40 bits per heavy atom. The van der Waals surface area contributed by atoms with Crippen LogP contribution in [0.25, 0.3) is 0 Å². The summed E-state index contributed by atoms with van der Waals surface area (Å²) in [5, 5.41) is 0. The maximum absolute atomic E-state index is 11.0. The van der Waals surface area contributed by atoms with Crippen molar-refractivity contribution in [3.63, 3.8) is 0 Å². The van der Waals surface area contributed by atoms with E-state index in [9.17, 15) is 4.79 Å². The number of hydrogen-bond donors (Lipinski definition) is 1. The molecule has 0 saturated heterocycles. The van der Waals surface area contributed by atoms with Crippen LogP contribution in [-0.4, -0.2) is 4.98 Å². The molecule has 2 nitrogen and oxygen atoms in total. The molecule has 54 valence electrons. The van der Waals surface area contributed by atoms with E-state index in [2.05, 4.69) is 20.9 Å². The maximum Gasteiger partial charge on any atom is 0.252 e. The van der Waals surface area contributed by atoms with Gasteiger partial charge in [-0.1, -0.05) is 22.9 Å². The number of aromatic nitrogens is 1. The molecule has 3 heteroatoms. The van der Waals surface area contributed by atoms with Gasteiger partial charge in [-0.2, -0.15) is 0 Å². The molecule has 0 spiro atoms. The van der Waals surface area contributed by atoms with Gasteiger partial charge in [0.15, 0.2) is 0 Å². The SMILES string of the molecule is CCc1c(Br)cc[nH]c1=O. The number of rotatable bonds is 1. The number of pyridine rings is 1. The van der Waals surface area contributed by atoms with Crippen LogP contribution in [0.2, 0.25) is 0 Å². The predicted molar refractivity (Wildman–Crippen MR) is 44.1 cm³/mol. The molecule has 0 fully saturated rings. The molecular formula is C7H8BrNO. The lowest BCUT2D eigenvalue weighted by Gasteiger charge is -1.95. The fourth-order valence-corrected chi connectivity index (χ4v) is 1.41. The van der Waals surface area contributed by atoms with E-state index in [0.717, 1.165) is 16.5 Å². The highest BCUT2D eigenvalue weighted by molar-refractivity contribution is 9.10. The number of hydrogen-bond acceptors (Lipinski definition) is 1. The summed E-state index contributed by atoms with van der Waals surface area (Å²) in [5.41, 5.74) is 0.805. The van der Waals surface area contributed by atoms with Crippen LogP contribution in [-0.2, 0) is 6.42 Å². The summed E-state index contributed by atoms with van der Waals surface area (Å²) in [5.74, 6) is 0. The number of nitrogens with one attached hydrogen (secondary N) is 1. The van der Waals surface area contributed by atoms with Gasteiger partial charge in [0.25, 0.3) is 5.56 Å². The Labute approximate surface area is 67.4 Å². The highest BCUT2D eigenvalue weighted by Crippen LogP contribution is 2.10. The van der Waals surface area contributed by atoms with Crippen LogP contribution in [0.5, 0.6) is 0 Å². The van der Waals surface area contributed by atoms with E-state index >= 15 is 0 Å². The van der Waals surface area contributed by atoms with Crippen molar-refractivity contribution >= 4 is 15.9 Å². The minimum absolute atomic E-state index is 0.00289.